The van der Waals surface area contributed by atoms with Crippen molar-refractivity contribution >= 4 is 5.69 Å². The Balaban J connectivity index is 1.94. The van der Waals surface area contributed by atoms with E-state index in [-0.39, 0.29) is 0 Å². The topological polar surface area (TPSA) is 12.0 Å². The molecule has 0 amide bonds. The zero-order valence-electron chi connectivity index (χ0n) is 13.5. The molecular formula is C19H31N. The first-order chi connectivity index (χ1) is 9.70. The molecule has 1 nitrogen and oxygen atoms in total. The van der Waals surface area contributed by atoms with Crippen molar-refractivity contribution in [2.75, 3.05) is 5.32 Å². The van der Waals surface area contributed by atoms with E-state index >= 15 is 0 Å². The van der Waals surface area contributed by atoms with Crippen LogP contribution < -0.4 is 5.32 Å². The van der Waals surface area contributed by atoms with Crippen molar-refractivity contribution in [3.63, 3.8) is 0 Å². The molecule has 2 atom stereocenters. The summed E-state index contributed by atoms with van der Waals surface area (Å²) < 4.78 is 0. The Hall–Kier alpha value is -0.980. The van der Waals surface area contributed by atoms with Crippen LogP contribution in [0.25, 0.3) is 0 Å². The van der Waals surface area contributed by atoms with Crippen molar-refractivity contribution in [2.45, 2.75) is 71.8 Å². The van der Waals surface area contributed by atoms with E-state index in [4.69, 9.17) is 0 Å². The molecule has 1 aromatic rings. The summed E-state index contributed by atoms with van der Waals surface area (Å²) in [5.41, 5.74) is 2.78. The third kappa shape index (κ3) is 4.26. The fraction of sp³-hybridized carbons (Fsp3) is 0.684. The number of rotatable bonds is 6. The standard InChI is InChI=1S/C19H31N/c1-4-5-8-16-11-13-17(14-12-16)20-19-10-7-6-9-18(19)15(2)3/h11-15,18-20H,4-10H2,1-3H3. The lowest BCUT2D eigenvalue weighted by Gasteiger charge is -2.35. The zero-order valence-corrected chi connectivity index (χ0v) is 13.5. The summed E-state index contributed by atoms with van der Waals surface area (Å²) in [6.45, 7) is 7.00. The van der Waals surface area contributed by atoms with Crippen molar-refractivity contribution < 1.29 is 0 Å². The summed E-state index contributed by atoms with van der Waals surface area (Å²) in [6, 6.07) is 9.81. The van der Waals surface area contributed by atoms with Crippen LogP contribution in [-0.2, 0) is 6.42 Å². The molecule has 0 radical (unpaired) electrons. The molecule has 1 aliphatic rings. The summed E-state index contributed by atoms with van der Waals surface area (Å²) >= 11 is 0. The monoisotopic (exact) mass is 273 g/mol. The summed E-state index contributed by atoms with van der Waals surface area (Å²) in [5, 5.41) is 3.80. The quantitative estimate of drug-likeness (QED) is 0.705. The Kier molecular flexibility index (Phi) is 5.94. The normalized spacial score (nSPS) is 23.0. The molecular weight excluding hydrogens is 242 g/mol. The van der Waals surface area contributed by atoms with E-state index in [1.807, 2.05) is 0 Å². The largest absolute Gasteiger partial charge is 0.382 e. The average molecular weight is 273 g/mol. The van der Waals surface area contributed by atoms with Crippen molar-refractivity contribution in [3.8, 4) is 0 Å². The highest BCUT2D eigenvalue weighted by atomic mass is 14.9. The Morgan fingerprint density at radius 1 is 1.10 bits per heavy atom. The van der Waals surface area contributed by atoms with E-state index in [0.29, 0.717) is 6.04 Å². The first kappa shape index (κ1) is 15.4. The van der Waals surface area contributed by atoms with E-state index in [2.05, 4.69) is 50.4 Å². The molecule has 0 aromatic heterocycles. The van der Waals surface area contributed by atoms with E-state index < -0.39 is 0 Å². The molecule has 0 heterocycles. The molecule has 0 saturated heterocycles. The van der Waals surface area contributed by atoms with Crippen molar-refractivity contribution in [1.82, 2.24) is 0 Å². The lowest BCUT2D eigenvalue weighted by molar-refractivity contribution is 0.254. The minimum Gasteiger partial charge on any atom is -0.382 e. The highest BCUT2D eigenvalue weighted by Crippen LogP contribution is 2.32. The number of hydrogen-bond acceptors (Lipinski definition) is 1. The maximum absolute atomic E-state index is 3.80. The number of aryl methyl sites for hydroxylation is 1. The van der Waals surface area contributed by atoms with Crippen LogP contribution in [0.4, 0.5) is 5.69 Å². The second-order valence-corrected chi connectivity index (χ2v) is 6.74. The number of unbranched alkanes of at least 4 members (excludes halogenated alkanes) is 1. The van der Waals surface area contributed by atoms with E-state index in [1.165, 1.54) is 56.2 Å². The molecule has 0 spiro atoms. The molecule has 0 bridgehead atoms. The van der Waals surface area contributed by atoms with Gasteiger partial charge in [0, 0.05) is 11.7 Å². The van der Waals surface area contributed by atoms with Crippen molar-refractivity contribution in [1.29, 1.82) is 0 Å². The molecule has 20 heavy (non-hydrogen) atoms. The first-order valence-electron chi connectivity index (χ1n) is 8.56. The van der Waals surface area contributed by atoms with Crippen LogP contribution >= 0.6 is 0 Å². The van der Waals surface area contributed by atoms with E-state index in [9.17, 15) is 0 Å². The lowest BCUT2D eigenvalue weighted by Crippen LogP contribution is -2.35. The molecule has 1 aromatic carbocycles. The van der Waals surface area contributed by atoms with Gasteiger partial charge >= 0.3 is 0 Å². The maximum Gasteiger partial charge on any atom is 0.0342 e. The second-order valence-electron chi connectivity index (χ2n) is 6.74. The van der Waals surface area contributed by atoms with Gasteiger partial charge in [-0.05, 0) is 55.2 Å². The average Bonchev–Trinajstić information content (AvgIpc) is 2.47. The van der Waals surface area contributed by atoms with E-state index in [1.54, 1.807) is 0 Å². The number of benzene rings is 1. The molecule has 0 aliphatic heterocycles. The summed E-state index contributed by atoms with van der Waals surface area (Å²) in [6.07, 6.45) is 9.31. The molecule has 1 fully saturated rings. The summed E-state index contributed by atoms with van der Waals surface area (Å²) in [5.74, 6) is 1.63. The molecule has 1 heteroatoms. The molecule has 1 aliphatic carbocycles. The van der Waals surface area contributed by atoms with Crippen molar-refractivity contribution in [3.05, 3.63) is 29.8 Å². The van der Waals surface area contributed by atoms with Crippen LogP contribution in [0, 0.1) is 11.8 Å². The van der Waals surface area contributed by atoms with Crippen LogP contribution in [0.5, 0.6) is 0 Å². The minimum atomic E-state index is 0.672. The van der Waals surface area contributed by atoms with Crippen LogP contribution in [-0.4, -0.2) is 6.04 Å². The molecule has 112 valence electrons. The minimum absolute atomic E-state index is 0.672. The number of anilines is 1. The molecule has 2 rings (SSSR count). The van der Waals surface area contributed by atoms with Crippen LogP contribution in [0.1, 0.15) is 64.9 Å². The van der Waals surface area contributed by atoms with E-state index in [0.717, 1.165) is 11.8 Å². The number of nitrogens with one attached hydrogen (secondary N) is 1. The van der Waals surface area contributed by atoms with Crippen molar-refractivity contribution in [2.24, 2.45) is 11.8 Å². The fourth-order valence-corrected chi connectivity index (χ4v) is 3.50. The van der Waals surface area contributed by atoms with Gasteiger partial charge in [0.2, 0.25) is 0 Å². The van der Waals surface area contributed by atoms with Gasteiger partial charge in [0.05, 0.1) is 0 Å². The van der Waals surface area contributed by atoms with Gasteiger partial charge in [-0.2, -0.15) is 0 Å². The van der Waals surface area contributed by atoms with Gasteiger partial charge in [-0.25, -0.2) is 0 Å². The van der Waals surface area contributed by atoms with Gasteiger partial charge < -0.3 is 5.32 Å². The number of hydrogen-bond donors (Lipinski definition) is 1. The third-order valence-corrected chi connectivity index (χ3v) is 4.80. The van der Waals surface area contributed by atoms with Crippen LogP contribution in [0.15, 0.2) is 24.3 Å². The predicted molar refractivity (Wildman–Crippen MR) is 89.3 cm³/mol. The highest BCUT2D eigenvalue weighted by molar-refractivity contribution is 5.45. The Morgan fingerprint density at radius 3 is 2.45 bits per heavy atom. The summed E-state index contributed by atoms with van der Waals surface area (Å²) in [7, 11) is 0. The zero-order chi connectivity index (χ0) is 14.4. The molecule has 2 unspecified atom stereocenters. The van der Waals surface area contributed by atoms with Crippen LogP contribution in [0.2, 0.25) is 0 Å². The summed E-state index contributed by atoms with van der Waals surface area (Å²) in [4.78, 5) is 0. The Labute approximate surface area is 125 Å². The fourth-order valence-electron chi connectivity index (χ4n) is 3.50. The molecule has 1 saturated carbocycles. The Morgan fingerprint density at radius 2 is 1.80 bits per heavy atom. The SMILES string of the molecule is CCCCc1ccc(NC2CCCCC2C(C)C)cc1. The molecule has 1 N–H and O–H groups in total. The van der Waals surface area contributed by atoms with Gasteiger partial charge in [-0.3, -0.25) is 0 Å². The maximum atomic E-state index is 3.80. The van der Waals surface area contributed by atoms with Gasteiger partial charge in [0.1, 0.15) is 0 Å². The van der Waals surface area contributed by atoms with Crippen LogP contribution in [0.3, 0.4) is 0 Å². The second kappa shape index (κ2) is 7.71. The van der Waals surface area contributed by atoms with Gasteiger partial charge in [-0.1, -0.05) is 52.2 Å². The lowest BCUT2D eigenvalue weighted by atomic mass is 9.78. The third-order valence-electron chi connectivity index (χ3n) is 4.80. The Bertz CT molecular complexity index is 379. The highest BCUT2D eigenvalue weighted by Gasteiger charge is 2.27. The first-order valence-corrected chi connectivity index (χ1v) is 8.56. The van der Waals surface area contributed by atoms with Gasteiger partial charge in [-0.15, -0.1) is 0 Å². The predicted octanol–water partition coefficient (Wildman–Crippen LogP) is 5.66. The van der Waals surface area contributed by atoms with Gasteiger partial charge in [0.15, 0.2) is 0 Å². The van der Waals surface area contributed by atoms with Gasteiger partial charge in [0.25, 0.3) is 0 Å². The smallest absolute Gasteiger partial charge is 0.0342 e.